The summed E-state index contributed by atoms with van der Waals surface area (Å²) in [7, 11) is -3.33. The van der Waals surface area contributed by atoms with Crippen molar-refractivity contribution in [1.82, 2.24) is 4.31 Å². The maximum Gasteiger partial charge on any atom is 0.211 e. The van der Waals surface area contributed by atoms with E-state index >= 15 is 0 Å². The van der Waals surface area contributed by atoms with Gasteiger partial charge < -0.3 is 14.2 Å². The fourth-order valence-electron chi connectivity index (χ4n) is 3.19. The van der Waals surface area contributed by atoms with Crippen LogP contribution >= 0.6 is 0 Å². The Morgan fingerprint density at radius 3 is 2.60 bits per heavy atom. The molecular weight excluding hydrogens is 342 g/mol. The molecule has 1 atom stereocenters. The molecule has 0 amide bonds. The number of rotatable bonds is 8. The van der Waals surface area contributed by atoms with Crippen molar-refractivity contribution in [2.75, 3.05) is 32.6 Å². The molecule has 1 aliphatic rings. The van der Waals surface area contributed by atoms with Gasteiger partial charge in [0.15, 0.2) is 0 Å². The van der Waals surface area contributed by atoms with Crippen molar-refractivity contribution in [2.24, 2.45) is 0 Å². The summed E-state index contributed by atoms with van der Waals surface area (Å²) in [4.78, 5) is 0. The molecule has 0 radical (unpaired) electrons. The van der Waals surface area contributed by atoms with Gasteiger partial charge in [-0.2, -0.15) is 4.31 Å². The molecule has 0 aliphatic carbocycles. The van der Waals surface area contributed by atoms with E-state index in [9.17, 15) is 8.42 Å². The minimum absolute atomic E-state index is 0.269. The van der Waals surface area contributed by atoms with Crippen molar-refractivity contribution >= 4 is 10.0 Å². The summed E-state index contributed by atoms with van der Waals surface area (Å²) in [6.45, 7) is 9.78. The first-order valence-corrected chi connectivity index (χ1v) is 10.5. The molecular formula is C18H29NO5S. The van der Waals surface area contributed by atoms with Crippen LogP contribution in [0.4, 0.5) is 0 Å². The molecule has 1 aromatic carbocycles. The van der Waals surface area contributed by atoms with Crippen LogP contribution in [0.25, 0.3) is 0 Å². The van der Waals surface area contributed by atoms with Crippen molar-refractivity contribution in [2.45, 2.75) is 45.8 Å². The Morgan fingerprint density at radius 2 is 2.00 bits per heavy atom. The molecule has 0 N–H and O–H groups in total. The maximum absolute atomic E-state index is 12.2. The van der Waals surface area contributed by atoms with Gasteiger partial charge in [-0.25, -0.2) is 8.42 Å². The SMILES string of the molecule is CCOCCOc1ccc2c(c1)C(N(CC)S(C)(=O)=O)CC(C)(C)O2. The zero-order chi connectivity index (χ0) is 18.7. The van der Waals surface area contributed by atoms with Gasteiger partial charge in [-0.15, -0.1) is 0 Å². The van der Waals surface area contributed by atoms with Crippen molar-refractivity contribution in [3.8, 4) is 11.5 Å². The minimum atomic E-state index is -3.33. The molecule has 0 saturated carbocycles. The van der Waals surface area contributed by atoms with Gasteiger partial charge in [-0.3, -0.25) is 0 Å². The summed E-state index contributed by atoms with van der Waals surface area (Å²) in [5.74, 6) is 1.40. The molecule has 0 bridgehead atoms. The van der Waals surface area contributed by atoms with E-state index in [-0.39, 0.29) is 6.04 Å². The minimum Gasteiger partial charge on any atom is -0.491 e. The van der Waals surface area contributed by atoms with Gasteiger partial charge in [-0.05, 0) is 39.0 Å². The van der Waals surface area contributed by atoms with E-state index in [1.54, 1.807) is 0 Å². The Balaban J connectivity index is 2.33. The lowest BCUT2D eigenvalue weighted by molar-refractivity contribution is 0.0508. The van der Waals surface area contributed by atoms with E-state index < -0.39 is 15.6 Å². The van der Waals surface area contributed by atoms with Crippen LogP contribution in [-0.4, -0.2) is 50.9 Å². The summed E-state index contributed by atoms with van der Waals surface area (Å²) >= 11 is 0. The number of hydrogen-bond donors (Lipinski definition) is 0. The lowest BCUT2D eigenvalue weighted by Crippen LogP contribution is -2.43. The Hall–Kier alpha value is -1.31. The van der Waals surface area contributed by atoms with Crippen LogP contribution in [0.1, 0.15) is 45.7 Å². The summed E-state index contributed by atoms with van der Waals surface area (Å²) in [6.07, 6.45) is 1.84. The fraction of sp³-hybridized carbons (Fsp3) is 0.667. The number of sulfonamides is 1. The number of hydrogen-bond acceptors (Lipinski definition) is 5. The third-order valence-corrected chi connectivity index (χ3v) is 5.56. The van der Waals surface area contributed by atoms with Crippen LogP contribution in [-0.2, 0) is 14.8 Å². The van der Waals surface area contributed by atoms with Gasteiger partial charge >= 0.3 is 0 Å². The van der Waals surface area contributed by atoms with Crippen LogP contribution in [0.3, 0.4) is 0 Å². The maximum atomic E-state index is 12.2. The molecule has 7 heteroatoms. The molecule has 0 fully saturated rings. The predicted octanol–water partition coefficient (Wildman–Crippen LogP) is 2.99. The fourth-order valence-corrected chi connectivity index (χ4v) is 4.31. The first-order chi connectivity index (χ1) is 11.7. The second-order valence-electron chi connectivity index (χ2n) is 6.79. The van der Waals surface area contributed by atoms with Gasteiger partial charge in [0.2, 0.25) is 10.0 Å². The highest BCUT2D eigenvalue weighted by Crippen LogP contribution is 2.44. The van der Waals surface area contributed by atoms with E-state index in [2.05, 4.69) is 0 Å². The van der Waals surface area contributed by atoms with E-state index in [1.165, 1.54) is 10.6 Å². The zero-order valence-electron chi connectivity index (χ0n) is 15.7. The molecule has 6 nitrogen and oxygen atoms in total. The summed E-state index contributed by atoms with van der Waals surface area (Å²) < 4.78 is 43.1. The van der Waals surface area contributed by atoms with E-state index in [4.69, 9.17) is 14.2 Å². The largest absolute Gasteiger partial charge is 0.491 e. The molecule has 0 aromatic heterocycles. The molecule has 25 heavy (non-hydrogen) atoms. The quantitative estimate of drug-likeness (QED) is 0.657. The normalized spacial score (nSPS) is 19.4. The molecule has 142 valence electrons. The summed E-state index contributed by atoms with van der Waals surface area (Å²) in [6, 6.07) is 5.32. The summed E-state index contributed by atoms with van der Waals surface area (Å²) in [5.41, 5.74) is 0.410. The zero-order valence-corrected chi connectivity index (χ0v) is 16.6. The average Bonchev–Trinajstić information content (AvgIpc) is 2.50. The smallest absolute Gasteiger partial charge is 0.211 e. The summed E-state index contributed by atoms with van der Waals surface area (Å²) in [5, 5.41) is 0. The number of fused-ring (bicyclic) bond motifs is 1. The monoisotopic (exact) mass is 371 g/mol. The van der Waals surface area contributed by atoms with Crippen molar-refractivity contribution in [3.63, 3.8) is 0 Å². The molecule has 1 aromatic rings. The molecule has 0 spiro atoms. The van der Waals surface area contributed by atoms with Crippen molar-refractivity contribution < 1.29 is 22.6 Å². The number of nitrogens with zero attached hydrogens (tertiary/aromatic N) is 1. The second-order valence-corrected chi connectivity index (χ2v) is 8.73. The number of ether oxygens (including phenoxy) is 3. The van der Waals surface area contributed by atoms with Crippen LogP contribution in [0.5, 0.6) is 11.5 Å². The van der Waals surface area contributed by atoms with Crippen LogP contribution in [0, 0.1) is 0 Å². The first-order valence-electron chi connectivity index (χ1n) is 8.68. The van der Waals surface area contributed by atoms with Gasteiger partial charge in [0.25, 0.3) is 0 Å². The molecule has 2 rings (SSSR count). The van der Waals surface area contributed by atoms with Gasteiger partial charge in [0.05, 0.1) is 18.9 Å². The second kappa shape index (κ2) is 7.93. The van der Waals surface area contributed by atoms with Crippen molar-refractivity contribution in [3.05, 3.63) is 23.8 Å². The molecule has 0 saturated heterocycles. The topological polar surface area (TPSA) is 65.1 Å². The van der Waals surface area contributed by atoms with Crippen LogP contribution in [0.15, 0.2) is 18.2 Å². The molecule has 1 aliphatic heterocycles. The van der Waals surface area contributed by atoms with Crippen molar-refractivity contribution in [1.29, 1.82) is 0 Å². The lowest BCUT2D eigenvalue weighted by atomic mass is 9.89. The third-order valence-electron chi connectivity index (χ3n) is 4.20. The predicted molar refractivity (Wildman–Crippen MR) is 97.7 cm³/mol. The van der Waals surface area contributed by atoms with E-state index in [1.807, 2.05) is 45.9 Å². The highest BCUT2D eigenvalue weighted by molar-refractivity contribution is 7.88. The van der Waals surface area contributed by atoms with Crippen LogP contribution in [0.2, 0.25) is 0 Å². The van der Waals surface area contributed by atoms with E-state index in [0.717, 1.165) is 5.56 Å². The Bertz CT molecular complexity index is 687. The van der Waals surface area contributed by atoms with Gasteiger partial charge in [0.1, 0.15) is 23.7 Å². The molecule has 1 heterocycles. The Morgan fingerprint density at radius 1 is 1.28 bits per heavy atom. The first kappa shape index (κ1) is 20.0. The van der Waals surface area contributed by atoms with Gasteiger partial charge in [-0.1, -0.05) is 6.92 Å². The van der Waals surface area contributed by atoms with Crippen LogP contribution < -0.4 is 9.47 Å². The highest BCUT2D eigenvalue weighted by atomic mass is 32.2. The van der Waals surface area contributed by atoms with Gasteiger partial charge in [0, 0.05) is 25.1 Å². The van der Waals surface area contributed by atoms with E-state index in [0.29, 0.717) is 44.3 Å². The lowest BCUT2D eigenvalue weighted by Gasteiger charge is -2.41. The molecule has 1 unspecified atom stereocenters. The number of benzene rings is 1. The Kier molecular flexibility index (Phi) is 6.35. The third kappa shape index (κ3) is 5.09. The standard InChI is InChI=1S/C18H29NO5S/c1-6-19(25(5,20)21)16-13-18(3,4)24-17-9-8-14(12-15(16)17)23-11-10-22-7-2/h8-9,12,16H,6-7,10-11,13H2,1-5H3. The highest BCUT2D eigenvalue weighted by Gasteiger charge is 2.39. The average molecular weight is 371 g/mol. The Labute approximate surface area is 151 Å².